The summed E-state index contributed by atoms with van der Waals surface area (Å²) in [5.74, 6) is -0.215. The zero-order valence-corrected chi connectivity index (χ0v) is 10.0. The molecule has 4 heteroatoms. The van der Waals surface area contributed by atoms with E-state index in [1.807, 2.05) is 25.1 Å². The molecule has 4 nitrogen and oxygen atoms in total. The number of carbonyl (C=O) groups is 2. The number of methoxy groups -OCH3 is 1. The van der Waals surface area contributed by atoms with E-state index < -0.39 is 5.97 Å². The Morgan fingerprint density at radius 2 is 2.00 bits per heavy atom. The van der Waals surface area contributed by atoms with Crippen molar-refractivity contribution in [2.75, 3.05) is 7.11 Å². The van der Waals surface area contributed by atoms with E-state index in [4.69, 9.17) is 9.84 Å². The molecule has 0 amide bonds. The third kappa shape index (κ3) is 4.26. The Labute approximate surface area is 100 Å². The van der Waals surface area contributed by atoms with Crippen LogP contribution < -0.4 is 4.74 Å². The maximum atomic E-state index is 11.5. The van der Waals surface area contributed by atoms with Gasteiger partial charge in [-0.3, -0.25) is 9.59 Å². The topological polar surface area (TPSA) is 63.6 Å². The molecule has 92 valence electrons. The van der Waals surface area contributed by atoms with Gasteiger partial charge in [-0.1, -0.05) is 12.1 Å². The number of carbonyl (C=O) groups excluding carboxylic acids is 1. The van der Waals surface area contributed by atoms with Crippen LogP contribution in [0.1, 0.15) is 24.0 Å². The number of benzene rings is 1. The fourth-order valence-electron chi connectivity index (χ4n) is 1.61. The lowest BCUT2D eigenvalue weighted by molar-refractivity contribution is -0.138. The molecule has 0 heterocycles. The van der Waals surface area contributed by atoms with E-state index in [-0.39, 0.29) is 25.0 Å². The first kappa shape index (κ1) is 13.2. The second-order valence-corrected chi connectivity index (χ2v) is 3.91. The second kappa shape index (κ2) is 6.03. The summed E-state index contributed by atoms with van der Waals surface area (Å²) in [6.07, 6.45) is 0.256. The largest absolute Gasteiger partial charge is 0.496 e. The summed E-state index contributed by atoms with van der Waals surface area (Å²) < 4.78 is 5.12. The van der Waals surface area contributed by atoms with Crippen LogP contribution in [-0.2, 0) is 16.0 Å². The Hall–Kier alpha value is -1.84. The van der Waals surface area contributed by atoms with E-state index >= 15 is 0 Å². The second-order valence-electron chi connectivity index (χ2n) is 3.91. The predicted molar refractivity (Wildman–Crippen MR) is 63.3 cm³/mol. The molecule has 1 aromatic rings. The van der Waals surface area contributed by atoms with Gasteiger partial charge in [-0.2, -0.15) is 0 Å². The van der Waals surface area contributed by atoms with E-state index in [0.717, 1.165) is 16.9 Å². The van der Waals surface area contributed by atoms with Gasteiger partial charge in [0.15, 0.2) is 0 Å². The van der Waals surface area contributed by atoms with Crippen molar-refractivity contribution in [3.05, 3.63) is 29.3 Å². The fourth-order valence-corrected chi connectivity index (χ4v) is 1.61. The Morgan fingerprint density at radius 1 is 1.29 bits per heavy atom. The van der Waals surface area contributed by atoms with Crippen LogP contribution in [0.5, 0.6) is 5.75 Å². The first-order valence-electron chi connectivity index (χ1n) is 5.40. The molecule has 0 aliphatic carbocycles. The maximum Gasteiger partial charge on any atom is 0.303 e. The van der Waals surface area contributed by atoms with Crippen molar-refractivity contribution >= 4 is 11.8 Å². The lowest BCUT2D eigenvalue weighted by Crippen LogP contribution is -2.06. The van der Waals surface area contributed by atoms with Crippen molar-refractivity contribution in [1.82, 2.24) is 0 Å². The van der Waals surface area contributed by atoms with E-state index in [1.54, 1.807) is 7.11 Å². The highest BCUT2D eigenvalue weighted by molar-refractivity contribution is 5.84. The molecule has 17 heavy (non-hydrogen) atoms. The molecule has 0 saturated heterocycles. The quantitative estimate of drug-likeness (QED) is 0.820. The van der Waals surface area contributed by atoms with Gasteiger partial charge >= 0.3 is 5.97 Å². The Kier molecular flexibility index (Phi) is 4.69. The fraction of sp³-hybridized carbons (Fsp3) is 0.385. The standard InChI is InChI=1S/C13H16O4/c1-9-7-10(3-5-12(9)17-2)8-11(14)4-6-13(15)16/h3,5,7H,4,6,8H2,1-2H3,(H,15,16). The van der Waals surface area contributed by atoms with Crippen LogP contribution in [0.25, 0.3) is 0 Å². The van der Waals surface area contributed by atoms with Gasteiger partial charge in [-0.05, 0) is 24.1 Å². The average molecular weight is 236 g/mol. The van der Waals surface area contributed by atoms with Crippen molar-refractivity contribution in [3.8, 4) is 5.75 Å². The molecule has 0 unspecified atom stereocenters. The maximum absolute atomic E-state index is 11.5. The van der Waals surface area contributed by atoms with Gasteiger partial charge in [-0.25, -0.2) is 0 Å². The van der Waals surface area contributed by atoms with Crippen molar-refractivity contribution in [3.63, 3.8) is 0 Å². The van der Waals surface area contributed by atoms with Crippen molar-refractivity contribution < 1.29 is 19.4 Å². The summed E-state index contributed by atoms with van der Waals surface area (Å²) in [4.78, 5) is 21.8. The zero-order chi connectivity index (χ0) is 12.8. The van der Waals surface area contributed by atoms with Crippen molar-refractivity contribution in [1.29, 1.82) is 0 Å². The first-order valence-corrected chi connectivity index (χ1v) is 5.40. The molecule has 0 aliphatic rings. The van der Waals surface area contributed by atoms with Gasteiger partial charge in [-0.15, -0.1) is 0 Å². The summed E-state index contributed by atoms with van der Waals surface area (Å²) in [5, 5.41) is 8.47. The molecule has 0 fully saturated rings. The van der Waals surface area contributed by atoms with E-state index in [9.17, 15) is 9.59 Å². The summed E-state index contributed by atoms with van der Waals surface area (Å²) in [7, 11) is 1.60. The van der Waals surface area contributed by atoms with Gasteiger partial charge in [0.1, 0.15) is 11.5 Å². The molecule has 1 N–H and O–H groups in total. The highest BCUT2D eigenvalue weighted by Gasteiger charge is 2.08. The van der Waals surface area contributed by atoms with Crippen LogP contribution in [0.3, 0.4) is 0 Å². The Bertz CT molecular complexity index is 423. The van der Waals surface area contributed by atoms with Crippen LogP contribution in [0.2, 0.25) is 0 Å². The molecular formula is C13H16O4. The molecule has 0 atom stereocenters. The third-order valence-corrected chi connectivity index (χ3v) is 2.48. The molecule has 1 rings (SSSR count). The van der Waals surface area contributed by atoms with Gasteiger partial charge < -0.3 is 9.84 Å². The number of carboxylic acid groups (broad SMARTS) is 1. The van der Waals surface area contributed by atoms with Crippen molar-refractivity contribution in [2.45, 2.75) is 26.2 Å². The number of ketones is 1. The SMILES string of the molecule is COc1ccc(CC(=O)CCC(=O)O)cc1C. The third-order valence-electron chi connectivity index (χ3n) is 2.48. The Morgan fingerprint density at radius 3 is 2.53 bits per heavy atom. The predicted octanol–water partition coefficient (Wildman–Crippen LogP) is 1.98. The lowest BCUT2D eigenvalue weighted by atomic mass is 10.0. The molecule has 0 saturated carbocycles. The number of ether oxygens (including phenoxy) is 1. The van der Waals surface area contributed by atoms with E-state index in [2.05, 4.69) is 0 Å². The van der Waals surface area contributed by atoms with Gasteiger partial charge in [0.25, 0.3) is 0 Å². The van der Waals surface area contributed by atoms with Gasteiger partial charge in [0, 0.05) is 12.8 Å². The van der Waals surface area contributed by atoms with Crippen molar-refractivity contribution in [2.24, 2.45) is 0 Å². The van der Waals surface area contributed by atoms with Gasteiger partial charge in [0.05, 0.1) is 13.5 Å². The monoisotopic (exact) mass is 236 g/mol. The average Bonchev–Trinajstić information content (AvgIpc) is 2.26. The lowest BCUT2D eigenvalue weighted by Gasteiger charge is -2.06. The number of rotatable bonds is 6. The summed E-state index contributed by atoms with van der Waals surface area (Å²) in [5.41, 5.74) is 1.86. The number of hydrogen-bond acceptors (Lipinski definition) is 3. The number of aliphatic carboxylic acids is 1. The summed E-state index contributed by atoms with van der Waals surface area (Å²) in [6, 6.07) is 5.52. The molecule has 0 radical (unpaired) electrons. The molecule has 1 aromatic carbocycles. The highest BCUT2D eigenvalue weighted by atomic mass is 16.5. The van der Waals surface area contributed by atoms with Crippen LogP contribution >= 0.6 is 0 Å². The normalized spacial score (nSPS) is 10.0. The molecule has 0 aliphatic heterocycles. The van der Waals surface area contributed by atoms with Crippen LogP contribution in [0, 0.1) is 6.92 Å². The highest BCUT2D eigenvalue weighted by Crippen LogP contribution is 2.19. The first-order chi connectivity index (χ1) is 8.02. The molecule has 0 bridgehead atoms. The minimum absolute atomic E-state index is 0.0584. The van der Waals surface area contributed by atoms with E-state index in [0.29, 0.717) is 0 Å². The number of hydrogen-bond donors (Lipinski definition) is 1. The van der Waals surface area contributed by atoms with E-state index in [1.165, 1.54) is 0 Å². The molecule has 0 aromatic heterocycles. The van der Waals surface area contributed by atoms with Crippen LogP contribution in [0.15, 0.2) is 18.2 Å². The van der Waals surface area contributed by atoms with Gasteiger partial charge in [0.2, 0.25) is 0 Å². The van der Waals surface area contributed by atoms with Crippen LogP contribution in [0.4, 0.5) is 0 Å². The number of aryl methyl sites for hydroxylation is 1. The minimum Gasteiger partial charge on any atom is -0.496 e. The smallest absolute Gasteiger partial charge is 0.303 e. The molecular weight excluding hydrogens is 220 g/mol. The number of Topliss-reactive ketones (excluding diaryl/α,β-unsaturated/α-hetero) is 1. The molecule has 0 spiro atoms. The summed E-state index contributed by atoms with van der Waals surface area (Å²) >= 11 is 0. The zero-order valence-electron chi connectivity index (χ0n) is 10.0. The Balaban J connectivity index is 2.60. The number of carboxylic acids is 1. The summed E-state index contributed by atoms with van der Waals surface area (Å²) in [6.45, 7) is 1.91. The van der Waals surface area contributed by atoms with Crippen LogP contribution in [-0.4, -0.2) is 24.0 Å². The minimum atomic E-state index is -0.940.